The van der Waals surface area contributed by atoms with Crippen LogP contribution in [0, 0.1) is 11.8 Å². The summed E-state index contributed by atoms with van der Waals surface area (Å²) in [6.07, 6.45) is 2.96. The Morgan fingerprint density at radius 3 is 2.52 bits per heavy atom. The molecule has 1 aromatic carbocycles. The summed E-state index contributed by atoms with van der Waals surface area (Å²) in [4.78, 5) is 40.6. The Morgan fingerprint density at radius 2 is 1.85 bits per heavy atom. The molecule has 14 heteroatoms. The topological polar surface area (TPSA) is 183 Å². The highest BCUT2D eigenvalue weighted by Crippen LogP contribution is 2.40. The van der Waals surface area contributed by atoms with Crippen molar-refractivity contribution in [3.05, 3.63) is 22.9 Å². The first-order valence-electron chi connectivity index (χ1n) is 13.1. The van der Waals surface area contributed by atoms with E-state index in [1.54, 1.807) is 11.8 Å². The molecule has 3 aromatic rings. The van der Waals surface area contributed by atoms with E-state index in [9.17, 15) is 19.8 Å². The van der Waals surface area contributed by atoms with Crippen LogP contribution in [0.2, 0.25) is 0 Å². The summed E-state index contributed by atoms with van der Waals surface area (Å²) in [5, 5.41) is 20.4. The summed E-state index contributed by atoms with van der Waals surface area (Å²) >= 11 is 4.74. The number of imidazole rings is 1. The third-order valence-corrected chi connectivity index (χ3v) is 9.04. The Balaban J connectivity index is 1.41. The Labute approximate surface area is 244 Å². The van der Waals surface area contributed by atoms with E-state index in [0.29, 0.717) is 51.2 Å². The van der Waals surface area contributed by atoms with Crippen molar-refractivity contribution in [2.45, 2.75) is 68.8 Å². The molecular formula is C26H34BrN7O5S. The number of aromatic nitrogens is 4. The molecule has 1 fully saturated rings. The zero-order valence-electron chi connectivity index (χ0n) is 22.6. The molecule has 2 atom stereocenters. The molecule has 1 aliphatic heterocycles. The number of phenolic OH excluding ortho intramolecular Hbond substituents is 2. The highest BCUT2D eigenvalue weighted by atomic mass is 79.9. The lowest BCUT2D eigenvalue weighted by Crippen LogP contribution is -2.46. The molecule has 1 aliphatic rings. The van der Waals surface area contributed by atoms with Crippen LogP contribution in [0.25, 0.3) is 11.2 Å². The maximum absolute atomic E-state index is 12.9. The number of aryl methyl sites for hydroxylation is 1. The molecule has 0 unspecified atom stereocenters. The van der Waals surface area contributed by atoms with Crippen molar-refractivity contribution >= 4 is 56.6 Å². The van der Waals surface area contributed by atoms with Gasteiger partial charge in [0.15, 0.2) is 39.7 Å². The number of phenols is 2. The number of likely N-dealkylation sites (tertiary alicyclic amines) is 1. The average Bonchev–Trinajstić information content (AvgIpc) is 3.28. The number of carbonyl (C=O) groups is 2. The molecule has 1 amide bonds. The van der Waals surface area contributed by atoms with E-state index >= 15 is 0 Å². The average molecular weight is 637 g/mol. The van der Waals surface area contributed by atoms with Gasteiger partial charge in [0.2, 0.25) is 0 Å². The van der Waals surface area contributed by atoms with Crippen LogP contribution in [0.15, 0.2) is 33.0 Å². The third kappa shape index (κ3) is 6.61. The maximum Gasteiger partial charge on any atom is 0.323 e. The van der Waals surface area contributed by atoms with E-state index in [2.05, 4.69) is 30.9 Å². The number of nitrogen functional groups attached to an aromatic ring is 1. The molecule has 3 heterocycles. The Morgan fingerprint density at radius 1 is 1.18 bits per heavy atom. The molecule has 6 N–H and O–H groups in total. The summed E-state index contributed by atoms with van der Waals surface area (Å²) in [7, 11) is 0. The second kappa shape index (κ2) is 12.6. The minimum atomic E-state index is -0.880. The summed E-state index contributed by atoms with van der Waals surface area (Å²) in [5.41, 5.74) is 13.0. The van der Waals surface area contributed by atoms with Crippen molar-refractivity contribution < 1.29 is 24.5 Å². The van der Waals surface area contributed by atoms with Crippen molar-refractivity contribution in [1.29, 1.82) is 0 Å². The van der Waals surface area contributed by atoms with Crippen molar-refractivity contribution in [2.24, 2.45) is 17.6 Å². The van der Waals surface area contributed by atoms with Crippen LogP contribution in [0.4, 0.5) is 5.82 Å². The first kappa shape index (κ1) is 29.9. The van der Waals surface area contributed by atoms with Gasteiger partial charge in [-0.2, -0.15) is 0 Å². The Bertz CT molecular complexity index is 1390. The molecule has 4 rings (SSSR count). The zero-order valence-corrected chi connectivity index (χ0v) is 25.0. The van der Waals surface area contributed by atoms with E-state index in [4.69, 9.17) is 16.2 Å². The summed E-state index contributed by atoms with van der Waals surface area (Å²) in [6.45, 7) is 7.00. The number of halogens is 1. The summed E-state index contributed by atoms with van der Waals surface area (Å²) in [6, 6.07) is 2.13. The molecule has 1 saturated heterocycles. The van der Waals surface area contributed by atoms with E-state index < -0.39 is 18.1 Å². The maximum atomic E-state index is 12.9. The Hall–Kier alpha value is -3.10. The molecule has 0 aliphatic carbocycles. The zero-order chi connectivity index (χ0) is 29.1. The minimum absolute atomic E-state index is 0.0743. The number of nitrogens with two attached hydrogens (primary N) is 2. The van der Waals surface area contributed by atoms with Gasteiger partial charge in [-0.05, 0) is 66.1 Å². The summed E-state index contributed by atoms with van der Waals surface area (Å²) in [5.74, 6) is -0.681. The van der Waals surface area contributed by atoms with E-state index in [1.165, 1.54) is 30.2 Å². The first-order chi connectivity index (χ1) is 19.0. The van der Waals surface area contributed by atoms with Gasteiger partial charge < -0.3 is 35.9 Å². The molecule has 2 aromatic heterocycles. The normalized spacial score (nSPS) is 15.9. The number of fused-ring (bicyclic) bond motifs is 1. The number of hydrogen-bond donors (Lipinski definition) is 4. The van der Waals surface area contributed by atoms with Crippen LogP contribution in [-0.2, 0) is 20.9 Å². The number of anilines is 1. The number of hydrogen-bond acceptors (Lipinski definition) is 11. The van der Waals surface area contributed by atoms with Crippen LogP contribution in [0.3, 0.4) is 0 Å². The number of ether oxygens (including phenoxy) is 1. The van der Waals surface area contributed by atoms with Crippen molar-refractivity contribution in [3.63, 3.8) is 0 Å². The van der Waals surface area contributed by atoms with Crippen LogP contribution < -0.4 is 11.5 Å². The van der Waals surface area contributed by atoms with Gasteiger partial charge in [-0.15, -0.1) is 0 Å². The van der Waals surface area contributed by atoms with Gasteiger partial charge in [0, 0.05) is 29.0 Å². The fourth-order valence-electron chi connectivity index (χ4n) is 4.51. The molecule has 0 spiro atoms. The molecule has 40 heavy (non-hydrogen) atoms. The first-order valence-corrected chi connectivity index (χ1v) is 14.7. The van der Waals surface area contributed by atoms with Crippen LogP contribution in [0.5, 0.6) is 11.5 Å². The number of rotatable bonds is 9. The van der Waals surface area contributed by atoms with Gasteiger partial charge in [-0.25, -0.2) is 15.0 Å². The minimum Gasteiger partial charge on any atom is -0.504 e. The number of carbonyl (C=O) groups excluding carboxylic acids is 2. The van der Waals surface area contributed by atoms with Crippen molar-refractivity contribution in [1.82, 2.24) is 24.4 Å². The number of amides is 1. The monoisotopic (exact) mass is 635 g/mol. The number of nitrogens with zero attached hydrogens (tertiary/aromatic N) is 5. The van der Waals surface area contributed by atoms with Gasteiger partial charge in [0.25, 0.3) is 5.91 Å². The largest absolute Gasteiger partial charge is 0.504 e. The number of benzene rings is 1. The van der Waals surface area contributed by atoms with E-state index in [-0.39, 0.29) is 29.1 Å². The lowest BCUT2D eigenvalue weighted by molar-refractivity contribution is -0.161. The molecule has 0 radical (unpaired) electrons. The molecule has 216 valence electrons. The van der Waals surface area contributed by atoms with Gasteiger partial charge >= 0.3 is 5.97 Å². The number of esters is 1. The van der Waals surface area contributed by atoms with Gasteiger partial charge in [-0.1, -0.05) is 25.6 Å². The van der Waals surface area contributed by atoms with Crippen LogP contribution >= 0.6 is 27.7 Å². The second-order valence-corrected chi connectivity index (χ2v) is 12.1. The number of piperidine rings is 1. The van der Waals surface area contributed by atoms with Crippen LogP contribution in [0.1, 0.15) is 40.0 Å². The van der Waals surface area contributed by atoms with Gasteiger partial charge in [0.1, 0.15) is 12.4 Å². The predicted octanol–water partition coefficient (Wildman–Crippen LogP) is 3.28. The quantitative estimate of drug-likeness (QED) is 0.200. The van der Waals surface area contributed by atoms with Crippen molar-refractivity contribution in [3.8, 4) is 11.5 Å². The fourth-order valence-corrected chi connectivity index (χ4v) is 6.03. The molecule has 0 saturated carbocycles. The number of aromatic hydroxyl groups is 2. The highest BCUT2D eigenvalue weighted by Gasteiger charge is 2.30. The molecule has 12 nitrogen and oxygen atoms in total. The van der Waals surface area contributed by atoms with Crippen molar-refractivity contribution in [2.75, 3.05) is 18.8 Å². The summed E-state index contributed by atoms with van der Waals surface area (Å²) < 4.78 is 7.91. The van der Waals surface area contributed by atoms with E-state index in [0.717, 1.165) is 19.3 Å². The molecule has 0 bridgehead atoms. The lowest BCUT2D eigenvalue weighted by Gasteiger charge is -2.33. The second-order valence-electron chi connectivity index (χ2n) is 10.3. The predicted molar refractivity (Wildman–Crippen MR) is 154 cm³/mol. The standard InChI is InChI=1S/C26H34BrN7O5S/c1-13(2)20(28)25(38)39-14(3)24(37)33-7-4-15(5-8-33)6-9-34-23-21(22(29)30-12-31-23)32-26(34)40-19-11-18(36)17(35)10-16(19)27/h10-15,20,35-36H,4-9,28H2,1-3H3,(H2,29,30,31)/t14-,20-/m0/s1. The van der Waals surface area contributed by atoms with E-state index in [1.807, 2.05) is 18.4 Å². The smallest absolute Gasteiger partial charge is 0.323 e. The Kier molecular flexibility index (Phi) is 9.41. The highest BCUT2D eigenvalue weighted by molar-refractivity contribution is 9.10. The SMILES string of the molecule is CC(C)[C@H](N)C(=O)O[C@@H](C)C(=O)N1CCC(CCn2c(Sc3cc(O)c(O)cc3Br)nc3c(N)ncnc32)CC1. The van der Waals surface area contributed by atoms with Crippen LogP contribution in [-0.4, -0.2) is 71.7 Å². The van der Waals surface area contributed by atoms with Gasteiger partial charge in [-0.3, -0.25) is 9.59 Å². The lowest BCUT2D eigenvalue weighted by atomic mass is 9.93. The third-order valence-electron chi connectivity index (χ3n) is 7.07. The fraction of sp³-hybridized carbons (Fsp3) is 0.500. The molecular weight excluding hydrogens is 602 g/mol. The van der Waals surface area contributed by atoms with Gasteiger partial charge in [0.05, 0.1) is 0 Å².